The number of aromatic nitrogens is 2. The summed E-state index contributed by atoms with van der Waals surface area (Å²) in [6.07, 6.45) is 0. The Bertz CT molecular complexity index is 970. The highest BCUT2D eigenvalue weighted by Gasteiger charge is 2.27. The van der Waals surface area contributed by atoms with Crippen LogP contribution < -0.4 is 5.56 Å². The maximum Gasteiger partial charge on any atom is 0.262 e. The highest BCUT2D eigenvalue weighted by Crippen LogP contribution is 2.39. The molecule has 1 aromatic heterocycles. The van der Waals surface area contributed by atoms with Crippen LogP contribution >= 0.6 is 46.7 Å². The summed E-state index contributed by atoms with van der Waals surface area (Å²) < 4.78 is 1.81. The standard InChI is InChI=1S/C17H12Cl2N2OS2/c18-12-5-3-6-13(19)15(12)23-8-10-9-24-17-20-14-7-2-1-4-11(14)16(22)21(10)17/h1-7,10H,8-9H2. The molecule has 0 spiro atoms. The molecule has 1 unspecified atom stereocenters. The zero-order chi connectivity index (χ0) is 16.7. The van der Waals surface area contributed by atoms with Crippen molar-refractivity contribution in [2.45, 2.75) is 16.1 Å². The largest absolute Gasteiger partial charge is 0.282 e. The molecule has 0 saturated heterocycles. The van der Waals surface area contributed by atoms with E-state index < -0.39 is 0 Å². The van der Waals surface area contributed by atoms with Crippen LogP contribution in [0.15, 0.2) is 57.3 Å². The normalized spacial score (nSPS) is 16.5. The van der Waals surface area contributed by atoms with E-state index in [2.05, 4.69) is 4.98 Å². The molecule has 1 aliphatic rings. The molecule has 0 radical (unpaired) electrons. The lowest BCUT2D eigenvalue weighted by atomic mass is 10.2. The average molecular weight is 395 g/mol. The van der Waals surface area contributed by atoms with Gasteiger partial charge in [-0.15, -0.1) is 11.8 Å². The molecule has 3 aromatic rings. The van der Waals surface area contributed by atoms with Gasteiger partial charge in [0.15, 0.2) is 5.16 Å². The molecule has 1 aliphatic heterocycles. The zero-order valence-corrected chi connectivity index (χ0v) is 15.6. The molecular formula is C17H12Cl2N2OS2. The molecule has 4 rings (SSSR count). The van der Waals surface area contributed by atoms with Crippen LogP contribution in [-0.2, 0) is 0 Å². The van der Waals surface area contributed by atoms with Crippen LogP contribution in [0.25, 0.3) is 10.9 Å². The summed E-state index contributed by atoms with van der Waals surface area (Å²) >= 11 is 15.7. The Morgan fingerprint density at radius 1 is 1.17 bits per heavy atom. The first-order chi connectivity index (χ1) is 11.6. The van der Waals surface area contributed by atoms with Crippen molar-refractivity contribution in [3.63, 3.8) is 0 Å². The van der Waals surface area contributed by atoms with Crippen molar-refractivity contribution in [3.8, 4) is 0 Å². The first-order valence-electron chi connectivity index (χ1n) is 7.36. The number of halogens is 2. The van der Waals surface area contributed by atoms with Crippen molar-refractivity contribution >= 4 is 57.6 Å². The predicted molar refractivity (Wildman–Crippen MR) is 103 cm³/mol. The summed E-state index contributed by atoms with van der Waals surface area (Å²) in [5.74, 6) is 1.55. The lowest BCUT2D eigenvalue weighted by Crippen LogP contribution is -2.25. The number of hydrogen-bond donors (Lipinski definition) is 0. The molecule has 1 atom stereocenters. The Morgan fingerprint density at radius 3 is 2.71 bits per heavy atom. The third kappa shape index (κ3) is 2.84. The third-order valence-corrected chi connectivity index (χ3v) is 7.12. The van der Waals surface area contributed by atoms with Crippen molar-refractivity contribution in [1.29, 1.82) is 0 Å². The number of hydrogen-bond acceptors (Lipinski definition) is 4. The molecule has 3 nitrogen and oxygen atoms in total. The molecule has 0 bridgehead atoms. The van der Waals surface area contributed by atoms with Gasteiger partial charge in [0.1, 0.15) is 0 Å². The quantitative estimate of drug-likeness (QED) is 0.454. The Labute approximate surface area is 157 Å². The van der Waals surface area contributed by atoms with Gasteiger partial charge in [-0.1, -0.05) is 53.2 Å². The lowest BCUT2D eigenvalue weighted by molar-refractivity contribution is 0.558. The zero-order valence-electron chi connectivity index (χ0n) is 12.4. The van der Waals surface area contributed by atoms with Gasteiger partial charge in [-0.2, -0.15) is 0 Å². The lowest BCUT2D eigenvalue weighted by Gasteiger charge is -2.14. The first kappa shape index (κ1) is 16.3. The fourth-order valence-electron chi connectivity index (χ4n) is 2.72. The first-order valence-corrected chi connectivity index (χ1v) is 10.1. The van der Waals surface area contributed by atoms with Crippen LogP contribution in [0.5, 0.6) is 0 Å². The van der Waals surface area contributed by atoms with E-state index in [0.717, 1.165) is 27.1 Å². The van der Waals surface area contributed by atoms with Gasteiger partial charge in [0.2, 0.25) is 0 Å². The van der Waals surface area contributed by atoms with E-state index in [1.165, 1.54) is 0 Å². The summed E-state index contributed by atoms with van der Waals surface area (Å²) in [5.41, 5.74) is 0.778. The molecule has 0 fully saturated rings. The molecule has 0 saturated carbocycles. The average Bonchev–Trinajstić information content (AvgIpc) is 2.98. The van der Waals surface area contributed by atoms with Gasteiger partial charge >= 0.3 is 0 Å². The van der Waals surface area contributed by atoms with E-state index in [1.807, 2.05) is 47.0 Å². The number of benzene rings is 2. The van der Waals surface area contributed by atoms with Gasteiger partial charge in [0.25, 0.3) is 5.56 Å². The molecule has 0 amide bonds. The topological polar surface area (TPSA) is 34.9 Å². The monoisotopic (exact) mass is 394 g/mol. The molecule has 2 heterocycles. The third-order valence-electron chi connectivity index (χ3n) is 3.88. The molecule has 0 aliphatic carbocycles. The second kappa shape index (κ2) is 6.64. The Balaban J connectivity index is 1.67. The van der Waals surface area contributed by atoms with E-state index in [9.17, 15) is 4.79 Å². The van der Waals surface area contributed by atoms with Gasteiger partial charge in [0, 0.05) is 16.4 Å². The van der Waals surface area contributed by atoms with Crippen molar-refractivity contribution in [3.05, 3.63) is 62.9 Å². The van der Waals surface area contributed by atoms with E-state index in [0.29, 0.717) is 15.4 Å². The van der Waals surface area contributed by atoms with Crippen LogP contribution in [0, 0.1) is 0 Å². The second-order valence-electron chi connectivity index (χ2n) is 5.41. The van der Waals surface area contributed by atoms with Crippen LogP contribution in [0.2, 0.25) is 10.0 Å². The molecule has 122 valence electrons. The Hall–Kier alpha value is -1.14. The van der Waals surface area contributed by atoms with Gasteiger partial charge in [-0.05, 0) is 24.3 Å². The summed E-state index contributed by atoms with van der Waals surface area (Å²) in [6.45, 7) is 0. The summed E-state index contributed by atoms with van der Waals surface area (Å²) in [4.78, 5) is 18.3. The molecule has 0 N–H and O–H groups in total. The van der Waals surface area contributed by atoms with E-state index in [1.54, 1.807) is 23.5 Å². The van der Waals surface area contributed by atoms with Gasteiger partial charge in [-0.3, -0.25) is 9.36 Å². The second-order valence-corrected chi connectivity index (χ2v) is 8.25. The minimum atomic E-state index is 0.0245. The van der Waals surface area contributed by atoms with E-state index in [4.69, 9.17) is 23.2 Å². The summed E-state index contributed by atoms with van der Waals surface area (Å²) in [5, 5.41) is 2.73. The maximum absolute atomic E-state index is 12.8. The Morgan fingerprint density at radius 2 is 1.92 bits per heavy atom. The van der Waals surface area contributed by atoms with Crippen molar-refractivity contribution in [2.24, 2.45) is 0 Å². The molecular weight excluding hydrogens is 383 g/mol. The summed E-state index contributed by atoms with van der Waals surface area (Å²) in [7, 11) is 0. The molecule has 24 heavy (non-hydrogen) atoms. The van der Waals surface area contributed by atoms with Crippen LogP contribution in [0.3, 0.4) is 0 Å². The number of thioether (sulfide) groups is 2. The highest BCUT2D eigenvalue weighted by molar-refractivity contribution is 8.00. The number of nitrogens with zero attached hydrogens (tertiary/aromatic N) is 2. The number of rotatable bonds is 3. The van der Waals surface area contributed by atoms with Crippen LogP contribution in [0.4, 0.5) is 0 Å². The van der Waals surface area contributed by atoms with Gasteiger partial charge in [-0.25, -0.2) is 4.98 Å². The van der Waals surface area contributed by atoms with E-state index in [-0.39, 0.29) is 11.6 Å². The number of fused-ring (bicyclic) bond motifs is 2. The van der Waals surface area contributed by atoms with Crippen LogP contribution in [0.1, 0.15) is 6.04 Å². The fraction of sp³-hybridized carbons (Fsp3) is 0.176. The van der Waals surface area contributed by atoms with Crippen molar-refractivity contribution < 1.29 is 0 Å². The van der Waals surface area contributed by atoms with Crippen molar-refractivity contribution in [1.82, 2.24) is 9.55 Å². The molecule has 7 heteroatoms. The van der Waals surface area contributed by atoms with Gasteiger partial charge in [0.05, 0.1) is 27.0 Å². The maximum atomic E-state index is 12.8. The van der Waals surface area contributed by atoms with Crippen molar-refractivity contribution in [2.75, 3.05) is 11.5 Å². The minimum Gasteiger partial charge on any atom is -0.282 e. The smallest absolute Gasteiger partial charge is 0.262 e. The van der Waals surface area contributed by atoms with Crippen LogP contribution in [-0.4, -0.2) is 21.1 Å². The van der Waals surface area contributed by atoms with E-state index >= 15 is 0 Å². The fourth-order valence-corrected chi connectivity index (χ4v) is 5.77. The predicted octanol–water partition coefficient (Wildman–Crippen LogP) is 5.14. The number of para-hydroxylation sites is 1. The minimum absolute atomic E-state index is 0.0245. The SMILES string of the molecule is O=c1c2ccccc2nc2n1C(CSc1c(Cl)cccc1Cl)CS2. The Kier molecular flexibility index (Phi) is 4.52. The molecule has 2 aromatic carbocycles. The summed E-state index contributed by atoms with van der Waals surface area (Å²) in [6, 6.07) is 13.0. The van der Waals surface area contributed by atoms with Gasteiger partial charge < -0.3 is 0 Å². The highest BCUT2D eigenvalue weighted by atomic mass is 35.5.